The molecule has 3 rings (SSSR count). The Bertz CT molecular complexity index is 788. The molecule has 0 aliphatic heterocycles. The third-order valence-electron chi connectivity index (χ3n) is 7.23. The van der Waals surface area contributed by atoms with Crippen molar-refractivity contribution in [3.05, 3.63) is 46.5 Å². The SMILES string of the molecule is C=CCN=C(Nc1ccc([N+](=O)[O-])cc1C)C1(C(C)CC)CCC(C)C2CC21. The molecular formula is C23H33N3O2. The van der Waals surface area contributed by atoms with Gasteiger partial charge in [0.1, 0.15) is 5.84 Å². The Balaban J connectivity index is 1.99. The standard InChI is InChI=1S/C23H33N3O2/c1-6-12-24-22(25-21-9-8-18(26(27)28)13-16(21)4)23(17(5)7-2)11-10-15(3)19-14-20(19)23/h6,8-9,13,15,17,19-20H,1,7,10-12,14H2,2-5H3,(H,24,25). The van der Waals surface area contributed by atoms with E-state index in [4.69, 9.17) is 4.99 Å². The summed E-state index contributed by atoms with van der Waals surface area (Å²) in [5.41, 5.74) is 1.96. The van der Waals surface area contributed by atoms with Crippen molar-refractivity contribution in [3.8, 4) is 0 Å². The van der Waals surface area contributed by atoms with Crippen molar-refractivity contribution in [2.45, 2.75) is 53.4 Å². The van der Waals surface area contributed by atoms with E-state index in [1.807, 2.05) is 19.1 Å². The first-order valence-corrected chi connectivity index (χ1v) is 10.5. The zero-order valence-corrected chi connectivity index (χ0v) is 17.6. The van der Waals surface area contributed by atoms with Crippen molar-refractivity contribution >= 4 is 17.2 Å². The molecule has 28 heavy (non-hydrogen) atoms. The number of amidine groups is 1. The van der Waals surface area contributed by atoms with E-state index >= 15 is 0 Å². The largest absolute Gasteiger partial charge is 0.343 e. The van der Waals surface area contributed by atoms with Gasteiger partial charge in [0.15, 0.2) is 0 Å². The summed E-state index contributed by atoms with van der Waals surface area (Å²) in [6.45, 7) is 13.4. The molecule has 0 spiro atoms. The highest BCUT2D eigenvalue weighted by molar-refractivity contribution is 6.01. The maximum Gasteiger partial charge on any atom is 0.269 e. The van der Waals surface area contributed by atoms with Gasteiger partial charge in [0.05, 0.1) is 11.5 Å². The number of nitrogens with zero attached hydrogens (tertiary/aromatic N) is 2. The van der Waals surface area contributed by atoms with Gasteiger partial charge in [-0.25, -0.2) is 0 Å². The van der Waals surface area contributed by atoms with Crippen LogP contribution in [0.5, 0.6) is 0 Å². The Morgan fingerprint density at radius 3 is 2.89 bits per heavy atom. The average molecular weight is 384 g/mol. The summed E-state index contributed by atoms with van der Waals surface area (Å²) in [6, 6.07) is 5.02. The van der Waals surface area contributed by atoms with Crippen LogP contribution in [0.1, 0.15) is 52.0 Å². The van der Waals surface area contributed by atoms with Gasteiger partial charge in [-0.2, -0.15) is 0 Å². The minimum absolute atomic E-state index is 0.0587. The molecule has 5 heteroatoms. The number of benzene rings is 1. The van der Waals surface area contributed by atoms with Crippen molar-refractivity contribution < 1.29 is 4.92 Å². The number of non-ortho nitro benzene ring substituents is 1. The van der Waals surface area contributed by atoms with Crippen LogP contribution in [0.4, 0.5) is 11.4 Å². The number of aliphatic imine (C=N–C) groups is 1. The molecular weight excluding hydrogens is 350 g/mol. The minimum atomic E-state index is -0.346. The van der Waals surface area contributed by atoms with Crippen molar-refractivity contribution in [3.63, 3.8) is 0 Å². The molecule has 0 saturated heterocycles. The first-order valence-electron chi connectivity index (χ1n) is 10.5. The Hall–Kier alpha value is -2.17. The predicted molar refractivity (Wildman–Crippen MR) is 116 cm³/mol. The number of hydrogen-bond donors (Lipinski definition) is 1. The molecule has 5 unspecified atom stereocenters. The highest BCUT2D eigenvalue weighted by Crippen LogP contribution is 2.65. The lowest BCUT2D eigenvalue weighted by atomic mass is 9.62. The van der Waals surface area contributed by atoms with Gasteiger partial charge in [-0.15, -0.1) is 6.58 Å². The molecule has 0 amide bonds. The summed E-state index contributed by atoms with van der Waals surface area (Å²) in [4.78, 5) is 15.7. The predicted octanol–water partition coefficient (Wildman–Crippen LogP) is 6.00. The molecule has 152 valence electrons. The van der Waals surface area contributed by atoms with Gasteiger partial charge in [-0.05, 0) is 61.5 Å². The van der Waals surface area contributed by atoms with E-state index in [2.05, 4.69) is 32.7 Å². The zero-order valence-electron chi connectivity index (χ0n) is 17.6. The normalized spacial score (nSPS) is 30.3. The Kier molecular flexibility index (Phi) is 5.92. The van der Waals surface area contributed by atoms with E-state index in [0.29, 0.717) is 18.4 Å². The van der Waals surface area contributed by atoms with Gasteiger partial charge in [0.2, 0.25) is 0 Å². The number of nitrogens with one attached hydrogen (secondary N) is 1. The molecule has 2 aliphatic carbocycles. The Labute approximate surface area is 168 Å². The van der Waals surface area contributed by atoms with Crippen LogP contribution in [-0.2, 0) is 0 Å². The number of hydrogen-bond acceptors (Lipinski definition) is 3. The summed E-state index contributed by atoms with van der Waals surface area (Å²) >= 11 is 0. The smallest absolute Gasteiger partial charge is 0.269 e. The highest BCUT2D eigenvalue weighted by Gasteiger charge is 2.61. The monoisotopic (exact) mass is 383 g/mol. The highest BCUT2D eigenvalue weighted by atomic mass is 16.6. The molecule has 0 heterocycles. The third-order valence-corrected chi connectivity index (χ3v) is 7.23. The summed E-state index contributed by atoms with van der Waals surface area (Å²) in [7, 11) is 0. The van der Waals surface area contributed by atoms with Crippen LogP contribution < -0.4 is 5.32 Å². The van der Waals surface area contributed by atoms with Crippen LogP contribution in [0.15, 0.2) is 35.8 Å². The van der Waals surface area contributed by atoms with E-state index in [1.165, 1.54) is 12.8 Å². The number of aryl methyl sites for hydroxylation is 1. The third kappa shape index (κ3) is 3.59. The molecule has 2 saturated carbocycles. The molecule has 1 N–H and O–H groups in total. The van der Waals surface area contributed by atoms with E-state index in [9.17, 15) is 10.1 Å². The van der Waals surface area contributed by atoms with E-state index in [-0.39, 0.29) is 16.0 Å². The summed E-state index contributed by atoms with van der Waals surface area (Å²) in [6.07, 6.45) is 6.63. The lowest BCUT2D eigenvalue weighted by molar-refractivity contribution is -0.384. The average Bonchev–Trinajstić information content (AvgIpc) is 3.48. The van der Waals surface area contributed by atoms with E-state index in [1.54, 1.807) is 12.1 Å². The van der Waals surface area contributed by atoms with Crippen LogP contribution >= 0.6 is 0 Å². The van der Waals surface area contributed by atoms with Crippen LogP contribution in [0.3, 0.4) is 0 Å². The molecule has 5 nitrogen and oxygen atoms in total. The molecule has 0 aromatic heterocycles. The fraction of sp³-hybridized carbons (Fsp3) is 0.609. The van der Waals surface area contributed by atoms with Gasteiger partial charge in [-0.3, -0.25) is 15.1 Å². The summed E-state index contributed by atoms with van der Waals surface area (Å²) in [5, 5.41) is 14.7. The Morgan fingerprint density at radius 1 is 1.54 bits per heavy atom. The summed E-state index contributed by atoms with van der Waals surface area (Å²) in [5.74, 6) is 3.86. The second kappa shape index (κ2) is 8.06. The topological polar surface area (TPSA) is 67.5 Å². The second-order valence-corrected chi connectivity index (χ2v) is 8.73. The fourth-order valence-electron chi connectivity index (χ4n) is 5.29. The first kappa shape index (κ1) is 20.6. The molecule has 0 bridgehead atoms. The van der Waals surface area contributed by atoms with Gasteiger partial charge in [-0.1, -0.05) is 33.3 Å². The molecule has 2 aliphatic rings. The fourth-order valence-corrected chi connectivity index (χ4v) is 5.29. The number of anilines is 1. The van der Waals surface area contributed by atoms with Crippen molar-refractivity contribution in [2.75, 3.05) is 11.9 Å². The second-order valence-electron chi connectivity index (χ2n) is 8.73. The van der Waals surface area contributed by atoms with Crippen LogP contribution in [0.2, 0.25) is 0 Å². The Morgan fingerprint density at radius 2 is 2.29 bits per heavy atom. The van der Waals surface area contributed by atoms with Gasteiger partial charge < -0.3 is 5.32 Å². The molecule has 1 aromatic rings. The maximum absolute atomic E-state index is 11.1. The minimum Gasteiger partial charge on any atom is -0.343 e. The van der Waals surface area contributed by atoms with Crippen LogP contribution in [0, 0.1) is 46.1 Å². The molecule has 5 atom stereocenters. The number of nitro benzene ring substituents is 1. The van der Waals surface area contributed by atoms with Crippen molar-refractivity contribution in [1.82, 2.24) is 0 Å². The lowest BCUT2D eigenvalue weighted by Crippen LogP contribution is -2.46. The number of nitro groups is 1. The van der Waals surface area contributed by atoms with Crippen molar-refractivity contribution in [2.24, 2.45) is 34.1 Å². The summed E-state index contributed by atoms with van der Waals surface area (Å²) < 4.78 is 0. The lowest BCUT2D eigenvalue weighted by Gasteiger charge is -2.45. The quantitative estimate of drug-likeness (QED) is 0.206. The van der Waals surface area contributed by atoms with E-state index in [0.717, 1.165) is 41.8 Å². The first-order chi connectivity index (χ1) is 13.3. The molecule has 1 aromatic carbocycles. The van der Waals surface area contributed by atoms with Crippen LogP contribution in [0.25, 0.3) is 0 Å². The van der Waals surface area contributed by atoms with Crippen LogP contribution in [-0.4, -0.2) is 17.3 Å². The molecule has 2 fully saturated rings. The van der Waals surface area contributed by atoms with Gasteiger partial charge in [0.25, 0.3) is 5.69 Å². The number of rotatable bonds is 7. The van der Waals surface area contributed by atoms with E-state index < -0.39 is 0 Å². The van der Waals surface area contributed by atoms with Gasteiger partial charge >= 0.3 is 0 Å². The molecule has 0 radical (unpaired) electrons. The van der Waals surface area contributed by atoms with Gasteiger partial charge in [0, 0.05) is 23.2 Å². The zero-order chi connectivity index (χ0) is 20.5. The maximum atomic E-state index is 11.1. The number of fused-ring (bicyclic) bond motifs is 1. The van der Waals surface area contributed by atoms with Crippen molar-refractivity contribution in [1.29, 1.82) is 0 Å².